The normalized spacial score (nSPS) is 18.1. The smallest absolute Gasteiger partial charge is 0.238 e. The first-order valence-corrected chi connectivity index (χ1v) is 14.5. The molecular formula is C33H38F2N2O4. The Morgan fingerprint density at radius 2 is 1.76 bits per heavy atom. The van der Waals surface area contributed by atoms with E-state index in [0.29, 0.717) is 49.4 Å². The molecule has 2 heterocycles. The van der Waals surface area contributed by atoms with Gasteiger partial charge in [0.1, 0.15) is 17.4 Å². The van der Waals surface area contributed by atoms with Gasteiger partial charge < -0.3 is 19.5 Å². The van der Waals surface area contributed by atoms with Crippen LogP contribution in [0.5, 0.6) is 17.2 Å². The standard InChI is InChI=1S/C33H38F2N2O4/c1-5-12-39-25-8-9-27(28(35)16-25)29-15-23(26-10-11-30-33(20(26)4)41-19-40-30)17-37(29)18-31(38)36-32-21(6-2)13-24(34)14-22(32)7-3/h8-11,13-14,16,23,29H,5-7,12,15,17-19H2,1-4H3,(H,36,38)/t23?,29-/m1/s1. The molecule has 1 amide bonds. The molecule has 8 heteroatoms. The molecule has 2 aliphatic heterocycles. The Morgan fingerprint density at radius 1 is 1.02 bits per heavy atom. The minimum absolute atomic E-state index is 0.0564. The molecule has 218 valence electrons. The number of fused-ring (bicyclic) bond motifs is 1. The Hall–Kier alpha value is -3.65. The molecule has 0 aromatic heterocycles. The number of ether oxygens (including phenoxy) is 3. The Bertz CT molecular complexity index is 1400. The zero-order valence-corrected chi connectivity index (χ0v) is 24.2. The molecule has 1 fully saturated rings. The highest BCUT2D eigenvalue weighted by molar-refractivity contribution is 5.94. The van der Waals surface area contributed by atoms with E-state index in [9.17, 15) is 9.18 Å². The van der Waals surface area contributed by atoms with Crippen molar-refractivity contribution in [3.05, 3.63) is 81.9 Å². The van der Waals surface area contributed by atoms with E-state index in [1.165, 1.54) is 18.2 Å². The van der Waals surface area contributed by atoms with E-state index in [1.807, 2.05) is 44.7 Å². The lowest BCUT2D eigenvalue weighted by molar-refractivity contribution is -0.117. The van der Waals surface area contributed by atoms with Gasteiger partial charge in [-0.2, -0.15) is 0 Å². The largest absolute Gasteiger partial charge is 0.494 e. The monoisotopic (exact) mass is 564 g/mol. The molecule has 0 bridgehead atoms. The number of aryl methyl sites for hydroxylation is 2. The lowest BCUT2D eigenvalue weighted by Gasteiger charge is -2.25. The van der Waals surface area contributed by atoms with Gasteiger partial charge in [0, 0.05) is 29.9 Å². The topological polar surface area (TPSA) is 60.0 Å². The van der Waals surface area contributed by atoms with Crippen molar-refractivity contribution in [2.45, 2.75) is 65.3 Å². The van der Waals surface area contributed by atoms with Crippen LogP contribution in [-0.2, 0) is 17.6 Å². The van der Waals surface area contributed by atoms with Crippen LogP contribution in [0, 0.1) is 18.6 Å². The van der Waals surface area contributed by atoms with Gasteiger partial charge in [-0.25, -0.2) is 8.78 Å². The second kappa shape index (κ2) is 12.5. The second-order valence-electron chi connectivity index (χ2n) is 10.8. The molecule has 0 radical (unpaired) electrons. The van der Waals surface area contributed by atoms with Crippen LogP contribution < -0.4 is 19.5 Å². The summed E-state index contributed by atoms with van der Waals surface area (Å²) >= 11 is 0. The Balaban J connectivity index is 1.43. The maximum Gasteiger partial charge on any atom is 0.238 e. The van der Waals surface area contributed by atoms with Crippen LogP contribution in [0.4, 0.5) is 14.5 Å². The zero-order chi connectivity index (χ0) is 29.1. The molecule has 3 aromatic rings. The quantitative estimate of drug-likeness (QED) is 0.285. The van der Waals surface area contributed by atoms with Gasteiger partial charge in [0.05, 0.1) is 13.2 Å². The number of halogens is 2. The van der Waals surface area contributed by atoms with Gasteiger partial charge in [0.2, 0.25) is 12.7 Å². The summed E-state index contributed by atoms with van der Waals surface area (Å²) in [6.45, 7) is 9.25. The first-order chi connectivity index (χ1) is 19.8. The summed E-state index contributed by atoms with van der Waals surface area (Å²) in [7, 11) is 0. The van der Waals surface area contributed by atoms with Crippen molar-refractivity contribution in [3.63, 3.8) is 0 Å². The number of rotatable bonds is 10. The Labute approximate surface area is 240 Å². The predicted octanol–water partition coefficient (Wildman–Crippen LogP) is 7.08. The van der Waals surface area contributed by atoms with E-state index in [2.05, 4.69) is 5.32 Å². The summed E-state index contributed by atoms with van der Waals surface area (Å²) in [6, 6.07) is 11.6. The zero-order valence-electron chi connectivity index (χ0n) is 24.2. The molecule has 1 unspecified atom stereocenters. The third kappa shape index (κ3) is 6.03. The van der Waals surface area contributed by atoms with Gasteiger partial charge >= 0.3 is 0 Å². The van der Waals surface area contributed by atoms with Crippen LogP contribution in [0.2, 0.25) is 0 Å². The lowest BCUT2D eigenvalue weighted by atomic mass is 9.90. The molecule has 2 atom stereocenters. The maximum absolute atomic E-state index is 15.5. The molecule has 1 N–H and O–H groups in total. The molecule has 0 spiro atoms. The third-order valence-corrected chi connectivity index (χ3v) is 8.12. The highest BCUT2D eigenvalue weighted by Crippen LogP contribution is 2.46. The number of anilines is 1. The van der Waals surface area contributed by atoms with Crippen molar-refractivity contribution < 1.29 is 27.8 Å². The van der Waals surface area contributed by atoms with Crippen molar-refractivity contribution in [1.29, 1.82) is 0 Å². The van der Waals surface area contributed by atoms with E-state index in [4.69, 9.17) is 14.2 Å². The fourth-order valence-electron chi connectivity index (χ4n) is 6.09. The van der Waals surface area contributed by atoms with Crippen molar-refractivity contribution in [2.75, 3.05) is 31.8 Å². The second-order valence-corrected chi connectivity index (χ2v) is 10.8. The number of nitrogens with one attached hydrogen (secondary N) is 1. The van der Waals surface area contributed by atoms with Gasteiger partial charge in [-0.1, -0.05) is 32.9 Å². The van der Waals surface area contributed by atoms with E-state index in [1.54, 1.807) is 12.1 Å². The number of hydrogen-bond acceptors (Lipinski definition) is 5. The van der Waals surface area contributed by atoms with E-state index in [0.717, 1.165) is 40.2 Å². The van der Waals surface area contributed by atoms with Gasteiger partial charge in [-0.15, -0.1) is 0 Å². The van der Waals surface area contributed by atoms with Crippen LogP contribution in [0.3, 0.4) is 0 Å². The summed E-state index contributed by atoms with van der Waals surface area (Å²) in [5, 5.41) is 3.06. The van der Waals surface area contributed by atoms with Gasteiger partial charge in [0.15, 0.2) is 11.5 Å². The number of nitrogens with zero attached hydrogens (tertiary/aromatic N) is 1. The summed E-state index contributed by atoms with van der Waals surface area (Å²) in [6.07, 6.45) is 2.65. The number of likely N-dealkylation sites (tertiary alicyclic amines) is 1. The van der Waals surface area contributed by atoms with E-state index in [-0.39, 0.29) is 42.8 Å². The molecule has 1 saturated heterocycles. The SMILES string of the molecule is CCCOc1ccc([C@H]2CC(c3ccc4c(c3C)OCO4)CN2CC(=O)Nc2c(CC)cc(F)cc2CC)c(F)c1. The predicted molar refractivity (Wildman–Crippen MR) is 155 cm³/mol. The number of carbonyl (C=O) groups excluding carboxylic acids is 1. The fourth-order valence-corrected chi connectivity index (χ4v) is 6.09. The average Bonchev–Trinajstić information content (AvgIpc) is 3.60. The van der Waals surface area contributed by atoms with Crippen molar-refractivity contribution in [2.24, 2.45) is 0 Å². The van der Waals surface area contributed by atoms with E-state index >= 15 is 4.39 Å². The number of benzene rings is 3. The summed E-state index contributed by atoms with van der Waals surface area (Å²) in [5.41, 5.74) is 4.83. The molecular weight excluding hydrogens is 526 g/mol. The van der Waals surface area contributed by atoms with Crippen molar-refractivity contribution >= 4 is 11.6 Å². The average molecular weight is 565 g/mol. The van der Waals surface area contributed by atoms with Crippen LogP contribution in [-0.4, -0.2) is 37.3 Å². The molecule has 2 aliphatic rings. The minimum Gasteiger partial charge on any atom is -0.494 e. The van der Waals surface area contributed by atoms with Crippen LogP contribution >= 0.6 is 0 Å². The number of amides is 1. The first kappa shape index (κ1) is 28.9. The third-order valence-electron chi connectivity index (χ3n) is 8.12. The van der Waals surface area contributed by atoms with Gasteiger partial charge in [0.25, 0.3) is 0 Å². The molecule has 0 saturated carbocycles. The Morgan fingerprint density at radius 3 is 2.44 bits per heavy atom. The molecule has 0 aliphatic carbocycles. The molecule has 5 rings (SSSR count). The fraction of sp³-hybridized carbons (Fsp3) is 0.424. The number of hydrogen-bond donors (Lipinski definition) is 1. The molecule has 41 heavy (non-hydrogen) atoms. The highest BCUT2D eigenvalue weighted by atomic mass is 19.1. The van der Waals surface area contributed by atoms with Crippen molar-refractivity contribution in [1.82, 2.24) is 4.90 Å². The van der Waals surface area contributed by atoms with Crippen LogP contribution in [0.25, 0.3) is 0 Å². The summed E-state index contributed by atoms with van der Waals surface area (Å²) in [5.74, 6) is 1.16. The maximum atomic E-state index is 15.5. The van der Waals surface area contributed by atoms with E-state index < -0.39 is 0 Å². The molecule has 6 nitrogen and oxygen atoms in total. The van der Waals surface area contributed by atoms with Crippen molar-refractivity contribution in [3.8, 4) is 17.2 Å². The highest BCUT2D eigenvalue weighted by Gasteiger charge is 2.38. The Kier molecular flexibility index (Phi) is 8.78. The van der Waals surface area contributed by atoms with Gasteiger partial charge in [-0.3, -0.25) is 9.69 Å². The number of carbonyl (C=O) groups is 1. The minimum atomic E-state index is -0.350. The van der Waals surface area contributed by atoms with Crippen LogP contribution in [0.1, 0.15) is 73.4 Å². The van der Waals surface area contributed by atoms with Crippen LogP contribution in [0.15, 0.2) is 42.5 Å². The molecule has 3 aromatic carbocycles. The summed E-state index contributed by atoms with van der Waals surface area (Å²) < 4.78 is 46.6. The summed E-state index contributed by atoms with van der Waals surface area (Å²) in [4.78, 5) is 15.5. The van der Waals surface area contributed by atoms with Gasteiger partial charge in [-0.05, 0) is 85.0 Å². The first-order valence-electron chi connectivity index (χ1n) is 14.5. The lowest BCUT2D eigenvalue weighted by Crippen LogP contribution is -2.34.